The number of fused-ring (bicyclic) bond motifs is 3. The molecule has 0 radical (unpaired) electrons. The molecule has 1 saturated heterocycles. The lowest BCUT2D eigenvalue weighted by atomic mass is 9.73. The van der Waals surface area contributed by atoms with Crippen molar-refractivity contribution in [2.24, 2.45) is 0 Å². The highest BCUT2D eigenvalue weighted by Gasteiger charge is 2.45. The van der Waals surface area contributed by atoms with Gasteiger partial charge in [0.2, 0.25) is 0 Å². The van der Waals surface area contributed by atoms with Crippen molar-refractivity contribution in [3.8, 4) is 0 Å². The van der Waals surface area contributed by atoms with Gasteiger partial charge in [0, 0.05) is 18.7 Å². The third kappa shape index (κ3) is 3.62. The van der Waals surface area contributed by atoms with Gasteiger partial charge in [0.1, 0.15) is 5.82 Å². The van der Waals surface area contributed by atoms with Crippen LogP contribution < -0.4 is 10.5 Å². The molecule has 2 heterocycles. The summed E-state index contributed by atoms with van der Waals surface area (Å²) < 4.78 is 0. The van der Waals surface area contributed by atoms with E-state index in [1.54, 1.807) is 11.1 Å². The topological polar surface area (TPSA) is 36.1 Å². The highest BCUT2D eigenvalue weighted by Crippen LogP contribution is 2.52. The summed E-state index contributed by atoms with van der Waals surface area (Å²) in [7, 11) is 0. The number of hydrogen-bond acceptors (Lipinski definition) is 2. The Kier molecular flexibility index (Phi) is 5.16. The first-order chi connectivity index (χ1) is 16.1. The molecule has 3 nitrogen and oxygen atoms in total. The van der Waals surface area contributed by atoms with Gasteiger partial charge < -0.3 is 9.88 Å². The van der Waals surface area contributed by atoms with E-state index in [9.17, 15) is 4.79 Å². The van der Waals surface area contributed by atoms with E-state index in [2.05, 4.69) is 71.4 Å². The van der Waals surface area contributed by atoms with Crippen molar-refractivity contribution >= 4 is 5.82 Å². The van der Waals surface area contributed by atoms with Crippen LogP contribution in [-0.4, -0.2) is 18.1 Å². The molecule has 1 aromatic heterocycles. The van der Waals surface area contributed by atoms with Crippen LogP contribution in [0.2, 0.25) is 0 Å². The fraction of sp³-hybridized carbons (Fsp3) is 0.433. The Balaban J connectivity index is 1.25. The highest BCUT2D eigenvalue weighted by molar-refractivity contribution is 5.49. The Morgan fingerprint density at radius 1 is 1.00 bits per heavy atom. The van der Waals surface area contributed by atoms with Crippen molar-refractivity contribution in [1.82, 2.24) is 4.98 Å². The first-order valence-electron chi connectivity index (χ1n) is 12.8. The van der Waals surface area contributed by atoms with Crippen molar-refractivity contribution in [3.05, 3.63) is 98.3 Å². The summed E-state index contributed by atoms with van der Waals surface area (Å²) >= 11 is 0. The number of benzene rings is 2. The molecule has 1 spiro atoms. The average molecular weight is 439 g/mol. The van der Waals surface area contributed by atoms with E-state index < -0.39 is 0 Å². The lowest BCUT2D eigenvalue weighted by molar-refractivity contribution is 0.313. The Morgan fingerprint density at radius 2 is 1.76 bits per heavy atom. The van der Waals surface area contributed by atoms with Gasteiger partial charge in [-0.1, -0.05) is 48.5 Å². The Bertz CT molecular complexity index is 1230. The number of aromatic nitrogens is 1. The molecule has 0 bridgehead atoms. The number of hydrogen-bond donors (Lipinski definition) is 1. The first kappa shape index (κ1) is 20.8. The normalized spacial score (nSPS) is 21.1. The van der Waals surface area contributed by atoms with Crippen molar-refractivity contribution in [3.63, 3.8) is 0 Å². The molecule has 3 aromatic rings. The Hall–Kier alpha value is -2.81. The SMILES string of the molecule is Cc1ccccc1CC1CC2(CCN(c3cc4c(c(=O)[nH]3)CCCC4)CC2)c2ccccc21. The first-order valence-corrected chi connectivity index (χ1v) is 12.8. The molecule has 1 fully saturated rings. The number of piperidine rings is 1. The zero-order valence-corrected chi connectivity index (χ0v) is 19.7. The fourth-order valence-corrected chi connectivity index (χ4v) is 6.87. The van der Waals surface area contributed by atoms with E-state index in [4.69, 9.17) is 0 Å². The molecule has 1 atom stereocenters. The zero-order valence-electron chi connectivity index (χ0n) is 19.7. The summed E-state index contributed by atoms with van der Waals surface area (Å²) in [5.74, 6) is 1.63. The molecule has 33 heavy (non-hydrogen) atoms. The smallest absolute Gasteiger partial charge is 0.252 e. The standard InChI is InChI=1S/C30H34N2O/c1-21-8-2-3-9-22(21)18-24-20-30(27-13-7-6-11-25(24)27)14-16-32(17-15-30)28-19-23-10-4-5-12-26(23)29(33)31-28/h2-3,6-9,11,13,19,24H,4-5,10,12,14-18,20H2,1H3,(H,31,33). The fourth-order valence-electron chi connectivity index (χ4n) is 6.87. The second-order valence-electron chi connectivity index (χ2n) is 10.6. The van der Waals surface area contributed by atoms with Crippen molar-refractivity contribution in [1.29, 1.82) is 0 Å². The van der Waals surface area contributed by atoms with E-state index in [-0.39, 0.29) is 11.0 Å². The van der Waals surface area contributed by atoms with Gasteiger partial charge in [-0.05, 0) is 104 Å². The van der Waals surface area contributed by atoms with Crippen LogP contribution in [0.1, 0.15) is 71.4 Å². The van der Waals surface area contributed by atoms with Crippen LogP contribution in [0, 0.1) is 6.92 Å². The molecular weight excluding hydrogens is 404 g/mol. The molecule has 1 aliphatic heterocycles. The minimum atomic E-state index is 0.145. The van der Waals surface area contributed by atoms with E-state index in [1.165, 1.54) is 29.5 Å². The Labute approximate surface area is 196 Å². The quantitative estimate of drug-likeness (QED) is 0.558. The molecule has 170 valence electrons. The molecule has 3 heteroatoms. The second kappa shape index (κ2) is 8.20. The predicted octanol–water partition coefficient (Wildman–Crippen LogP) is 5.83. The molecule has 2 aliphatic carbocycles. The van der Waals surface area contributed by atoms with Gasteiger partial charge in [-0.2, -0.15) is 0 Å². The van der Waals surface area contributed by atoms with E-state index in [0.29, 0.717) is 5.92 Å². The van der Waals surface area contributed by atoms with E-state index in [1.807, 2.05) is 0 Å². The molecule has 2 aromatic carbocycles. The highest BCUT2D eigenvalue weighted by atomic mass is 16.1. The largest absolute Gasteiger partial charge is 0.358 e. The lowest BCUT2D eigenvalue weighted by Gasteiger charge is -2.41. The predicted molar refractivity (Wildman–Crippen MR) is 136 cm³/mol. The molecule has 6 rings (SSSR count). The summed E-state index contributed by atoms with van der Waals surface area (Å²) in [6, 6.07) is 20.4. The maximum absolute atomic E-state index is 12.7. The summed E-state index contributed by atoms with van der Waals surface area (Å²) in [5.41, 5.74) is 8.77. The summed E-state index contributed by atoms with van der Waals surface area (Å²) in [6.07, 6.45) is 9.04. The Morgan fingerprint density at radius 3 is 2.61 bits per heavy atom. The van der Waals surface area contributed by atoms with Crippen molar-refractivity contribution in [2.45, 2.75) is 69.6 Å². The molecule has 1 N–H and O–H groups in total. The van der Waals surface area contributed by atoms with Gasteiger partial charge in [0.15, 0.2) is 0 Å². The number of aromatic amines is 1. The van der Waals surface area contributed by atoms with E-state index in [0.717, 1.165) is 63.0 Å². The number of aryl methyl sites for hydroxylation is 2. The van der Waals surface area contributed by atoms with Crippen LogP contribution in [0.5, 0.6) is 0 Å². The van der Waals surface area contributed by atoms with Crippen LogP contribution >= 0.6 is 0 Å². The number of anilines is 1. The minimum Gasteiger partial charge on any atom is -0.358 e. The monoisotopic (exact) mass is 438 g/mol. The average Bonchev–Trinajstić information content (AvgIpc) is 3.14. The number of nitrogens with one attached hydrogen (secondary N) is 1. The summed E-state index contributed by atoms with van der Waals surface area (Å²) in [4.78, 5) is 18.4. The van der Waals surface area contributed by atoms with Crippen LogP contribution in [0.4, 0.5) is 5.82 Å². The van der Waals surface area contributed by atoms with Gasteiger partial charge in [-0.3, -0.25) is 4.79 Å². The van der Waals surface area contributed by atoms with Crippen molar-refractivity contribution < 1.29 is 0 Å². The van der Waals surface area contributed by atoms with Gasteiger partial charge in [0.05, 0.1) is 0 Å². The minimum absolute atomic E-state index is 0.145. The van der Waals surface area contributed by atoms with Gasteiger partial charge in [-0.15, -0.1) is 0 Å². The maximum Gasteiger partial charge on any atom is 0.252 e. The number of nitrogens with zero attached hydrogens (tertiary/aromatic N) is 1. The van der Waals surface area contributed by atoms with Gasteiger partial charge in [0.25, 0.3) is 5.56 Å². The molecule has 1 unspecified atom stereocenters. The maximum atomic E-state index is 12.7. The van der Waals surface area contributed by atoms with Crippen LogP contribution in [0.25, 0.3) is 0 Å². The molecule has 0 saturated carbocycles. The number of pyridine rings is 1. The third-order valence-corrected chi connectivity index (χ3v) is 8.74. The molecular formula is C30H34N2O. The summed E-state index contributed by atoms with van der Waals surface area (Å²) in [6.45, 7) is 4.27. The number of rotatable bonds is 3. The van der Waals surface area contributed by atoms with Crippen LogP contribution in [0.15, 0.2) is 59.4 Å². The van der Waals surface area contributed by atoms with E-state index >= 15 is 0 Å². The molecule has 3 aliphatic rings. The van der Waals surface area contributed by atoms with Crippen LogP contribution in [-0.2, 0) is 24.7 Å². The van der Waals surface area contributed by atoms with Crippen molar-refractivity contribution in [2.75, 3.05) is 18.0 Å². The van der Waals surface area contributed by atoms with Gasteiger partial charge >= 0.3 is 0 Å². The third-order valence-electron chi connectivity index (χ3n) is 8.74. The number of H-pyrrole nitrogens is 1. The lowest BCUT2D eigenvalue weighted by Crippen LogP contribution is -2.42. The summed E-state index contributed by atoms with van der Waals surface area (Å²) in [5, 5.41) is 0. The zero-order chi connectivity index (χ0) is 22.4. The molecule has 0 amide bonds. The van der Waals surface area contributed by atoms with Gasteiger partial charge in [-0.25, -0.2) is 0 Å². The second-order valence-corrected chi connectivity index (χ2v) is 10.6. The van der Waals surface area contributed by atoms with Crippen LogP contribution in [0.3, 0.4) is 0 Å².